The van der Waals surface area contributed by atoms with E-state index in [1.54, 1.807) is 7.11 Å². The Labute approximate surface area is 98.7 Å². The van der Waals surface area contributed by atoms with Gasteiger partial charge in [0.15, 0.2) is 0 Å². The fourth-order valence-electron chi connectivity index (χ4n) is 1.38. The van der Waals surface area contributed by atoms with Crippen LogP contribution in [0.3, 0.4) is 0 Å². The summed E-state index contributed by atoms with van der Waals surface area (Å²) in [4.78, 5) is 2.36. The first-order chi connectivity index (χ1) is 7.20. The van der Waals surface area contributed by atoms with E-state index in [-0.39, 0.29) is 0 Å². The van der Waals surface area contributed by atoms with Gasteiger partial charge in [0, 0.05) is 32.6 Å². The standard InChI is InChI=1S/C11H24ClNO2/c1-11(2)10-13(5-8-14-3)6-9-15-7-4-12/h11H,4-10H2,1-3H3. The normalized spacial score (nSPS) is 11.6. The van der Waals surface area contributed by atoms with Crippen molar-refractivity contribution in [3.63, 3.8) is 0 Å². The van der Waals surface area contributed by atoms with Gasteiger partial charge in [0.25, 0.3) is 0 Å². The van der Waals surface area contributed by atoms with Crippen LogP contribution >= 0.6 is 11.6 Å². The highest BCUT2D eigenvalue weighted by Crippen LogP contribution is 1.98. The van der Waals surface area contributed by atoms with Gasteiger partial charge in [-0.2, -0.15) is 0 Å². The molecule has 0 aromatic rings. The van der Waals surface area contributed by atoms with Crippen LogP contribution in [0.2, 0.25) is 0 Å². The number of rotatable bonds is 10. The lowest BCUT2D eigenvalue weighted by molar-refractivity contribution is 0.0901. The summed E-state index contributed by atoms with van der Waals surface area (Å²) in [6, 6.07) is 0. The van der Waals surface area contributed by atoms with Crippen molar-refractivity contribution in [1.29, 1.82) is 0 Å². The Morgan fingerprint density at radius 2 is 1.80 bits per heavy atom. The third-order valence-electron chi connectivity index (χ3n) is 2.01. The van der Waals surface area contributed by atoms with Crippen LogP contribution < -0.4 is 0 Å². The van der Waals surface area contributed by atoms with Crippen LogP contribution in [-0.2, 0) is 9.47 Å². The molecule has 0 aromatic heterocycles. The smallest absolute Gasteiger partial charge is 0.0602 e. The molecule has 15 heavy (non-hydrogen) atoms. The minimum absolute atomic E-state index is 0.572. The Bertz CT molecular complexity index is 134. The first-order valence-corrected chi connectivity index (χ1v) is 6.09. The minimum Gasteiger partial charge on any atom is -0.383 e. The number of nitrogens with zero attached hydrogens (tertiary/aromatic N) is 1. The summed E-state index contributed by atoms with van der Waals surface area (Å²) in [5.41, 5.74) is 0. The van der Waals surface area contributed by atoms with Crippen LogP contribution in [0, 0.1) is 5.92 Å². The zero-order valence-corrected chi connectivity index (χ0v) is 10.9. The molecule has 0 rings (SSSR count). The van der Waals surface area contributed by atoms with Crippen molar-refractivity contribution in [2.24, 2.45) is 5.92 Å². The van der Waals surface area contributed by atoms with Gasteiger partial charge in [0.1, 0.15) is 0 Å². The molecule has 0 heterocycles. The topological polar surface area (TPSA) is 21.7 Å². The monoisotopic (exact) mass is 237 g/mol. The molecule has 4 heteroatoms. The van der Waals surface area contributed by atoms with Gasteiger partial charge in [-0.3, -0.25) is 4.90 Å². The summed E-state index contributed by atoms with van der Waals surface area (Å²) in [6.45, 7) is 9.64. The molecule has 0 aromatic carbocycles. The predicted molar refractivity (Wildman–Crippen MR) is 64.7 cm³/mol. The van der Waals surface area contributed by atoms with E-state index in [9.17, 15) is 0 Å². The largest absolute Gasteiger partial charge is 0.383 e. The molecule has 0 bridgehead atoms. The average Bonchev–Trinajstić information content (AvgIpc) is 2.19. The summed E-state index contributed by atoms with van der Waals surface area (Å²) in [6.07, 6.45) is 0. The molecule has 0 aliphatic rings. The zero-order valence-electron chi connectivity index (χ0n) is 10.2. The van der Waals surface area contributed by atoms with E-state index >= 15 is 0 Å². The number of halogens is 1. The van der Waals surface area contributed by atoms with Crippen LogP contribution in [0.1, 0.15) is 13.8 Å². The van der Waals surface area contributed by atoms with E-state index in [4.69, 9.17) is 21.1 Å². The number of hydrogen-bond acceptors (Lipinski definition) is 3. The summed E-state index contributed by atoms with van der Waals surface area (Å²) in [5, 5.41) is 0. The zero-order chi connectivity index (χ0) is 11.5. The maximum absolute atomic E-state index is 5.53. The maximum atomic E-state index is 5.53. The lowest BCUT2D eigenvalue weighted by Crippen LogP contribution is -2.34. The molecule has 92 valence electrons. The molecule has 0 unspecified atom stereocenters. The Morgan fingerprint density at radius 3 is 2.33 bits per heavy atom. The molecule has 0 atom stereocenters. The number of methoxy groups -OCH3 is 1. The van der Waals surface area contributed by atoms with E-state index in [1.165, 1.54) is 0 Å². The Morgan fingerprint density at radius 1 is 1.13 bits per heavy atom. The van der Waals surface area contributed by atoms with Crippen molar-refractivity contribution in [2.75, 3.05) is 52.4 Å². The number of ether oxygens (including phenoxy) is 2. The van der Waals surface area contributed by atoms with Gasteiger partial charge in [-0.05, 0) is 5.92 Å². The van der Waals surface area contributed by atoms with Crippen molar-refractivity contribution < 1.29 is 9.47 Å². The summed E-state index contributed by atoms with van der Waals surface area (Å²) < 4.78 is 10.4. The van der Waals surface area contributed by atoms with Crippen molar-refractivity contribution in [1.82, 2.24) is 4.90 Å². The molecule has 0 saturated carbocycles. The summed E-state index contributed by atoms with van der Waals surface area (Å²) in [5.74, 6) is 1.25. The number of alkyl halides is 1. The van der Waals surface area contributed by atoms with Crippen LogP contribution in [0.15, 0.2) is 0 Å². The van der Waals surface area contributed by atoms with Gasteiger partial charge in [0.2, 0.25) is 0 Å². The molecular weight excluding hydrogens is 214 g/mol. The molecule has 0 spiro atoms. The van der Waals surface area contributed by atoms with Crippen LogP contribution in [0.5, 0.6) is 0 Å². The molecule has 0 fully saturated rings. The molecule has 0 aliphatic carbocycles. The van der Waals surface area contributed by atoms with Gasteiger partial charge in [-0.25, -0.2) is 0 Å². The van der Waals surface area contributed by atoms with Gasteiger partial charge in [0.05, 0.1) is 19.8 Å². The SMILES string of the molecule is COCCN(CCOCCCl)CC(C)C. The van der Waals surface area contributed by atoms with Crippen LogP contribution in [-0.4, -0.2) is 57.3 Å². The molecule has 0 amide bonds. The van der Waals surface area contributed by atoms with Crippen molar-refractivity contribution in [2.45, 2.75) is 13.8 Å². The fourth-order valence-corrected chi connectivity index (χ4v) is 1.49. The van der Waals surface area contributed by atoms with Crippen LogP contribution in [0.4, 0.5) is 0 Å². The van der Waals surface area contributed by atoms with Gasteiger partial charge in [-0.1, -0.05) is 13.8 Å². The predicted octanol–water partition coefficient (Wildman–Crippen LogP) is 1.85. The third kappa shape index (κ3) is 10.5. The fraction of sp³-hybridized carbons (Fsp3) is 1.00. The first kappa shape index (κ1) is 15.2. The highest BCUT2D eigenvalue weighted by atomic mass is 35.5. The Kier molecular flexibility index (Phi) is 10.8. The van der Waals surface area contributed by atoms with E-state index < -0.39 is 0 Å². The van der Waals surface area contributed by atoms with Crippen molar-refractivity contribution in [3.8, 4) is 0 Å². The Balaban J connectivity index is 3.59. The minimum atomic E-state index is 0.572. The second kappa shape index (κ2) is 10.7. The average molecular weight is 238 g/mol. The van der Waals surface area contributed by atoms with E-state index in [0.717, 1.165) is 32.8 Å². The third-order valence-corrected chi connectivity index (χ3v) is 2.16. The summed E-state index contributed by atoms with van der Waals surface area (Å²) >= 11 is 5.53. The van der Waals surface area contributed by atoms with E-state index in [1.807, 2.05) is 0 Å². The second-order valence-corrected chi connectivity index (χ2v) is 4.37. The van der Waals surface area contributed by atoms with Crippen LogP contribution in [0.25, 0.3) is 0 Å². The highest BCUT2D eigenvalue weighted by Gasteiger charge is 2.06. The van der Waals surface area contributed by atoms with Crippen molar-refractivity contribution >= 4 is 11.6 Å². The molecule has 0 aliphatic heterocycles. The van der Waals surface area contributed by atoms with Gasteiger partial charge >= 0.3 is 0 Å². The second-order valence-electron chi connectivity index (χ2n) is 3.99. The first-order valence-electron chi connectivity index (χ1n) is 5.55. The lowest BCUT2D eigenvalue weighted by atomic mass is 10.2. The molecular formula is C11H24ClNO2. The van der Waals surface area contributed by atoms with Gasteiger partial charge < -0.3 is 9.47 Å². The molecule has 3 nitrogen and oxygen atoms in total. The maximum Gasteiger partial charge on any atom is 0.0602 e. The van der Waals surface area contributed by atoms with Gasteiger partial charge in [-0.15, -0.1) is 11.6 Å². The molecule has 0 N–H and O–H groups in total. The molecule has 0 radical (unpaired) electrons. The highest BCUT2D eigenvalue weighted by molar-refractivity contribution is 6.17. The Hall–Kier alpha value is 0.170. The summed E-state index contributed by atoms with van der Waals surface area (Å²) in [7, 11) is 1.73. The quantitative estimate of drug-likeness (QED) is 0.428. The molecule has 0 saturated heterocycles. The van der Waals surface area contributed by atoms with E-state index in [0.29, 0.717) is 18.4 Å². The van der Waals surface area contributed by atoms with Crippen molar-refractivity contribution in [3.05, 3.63) is 0 Å². The lowest BCUT2D eigenvalue weighted by Gasteiger charge is -2.23. The van der Waals surface area contributed by atoms with E-state index in [2.05, 4.69) is 18.7 Å². The number of hydrogen-bond donors (Lipinski definition) is 0.